The van der Waals surface area contributed by atoms with Gasteiger partial charge >= 0.3 is 0 Å². The maximum absolute atomic E-state index is 7.08. The van der Waals surface area contributed by atoms with Gasteiger partial charge in [0.25, 0.3) is 0 Å². The lowest BCUT2D eigenvalue weighted by Crippen LogP contribution is -1.95. The Bertz CT molecular complexity index is 6170. The molecule has 19 rings (SSSR count). The summed E-state index contributed by atoms with van der Waals surface area (Å²) in [5.74, 6) is 0. The minimum atomic E-state index is 0.857. The molecule has 444 valence electrons. The van der Waals surface area contributed by atoms with E-state index in [1.807, 2.05) is 0 Å². The molecule has 0 aliphatic heterocycles. The fourth-order valence-electron chi connectivity index (χ4n) is 15.2. The second kappa shape index (κ2) is 22.2. The maximum atomic E-state index is 7.08. The zero-order valence-electron chi connectivity index (χ0n) is 51.9. The molecule has 0 N–H and O–H groups in total. The zero-order valence-corrected chi connectivity index (χ0v) is 51.9. The van der Waals surface area contributed by atoms with Crippen LogP contribution < -0.4 is 0 Å². The van der Waals surface area contributed by atoms with Crippen LogP contribution in [-0.2, 0) is 0 Å². The Morgan fingerprint density at radius 1 is 0.242 bits per heavy atom. The van der Waals surface area contributed by atoms with Gasteiger partial charge in [-0.3, -0.25) is 0 Å². The molecule has 3 heteroatoms. The van der Waals surface area contributed by atoms with Crippen molar-refractivity contribution in [2.75, 3.05) is 0 Å². The van der Waals surface area contributed by atoms with Crippen molar-refractivity contribution in [2.24, 2.45) is 0 Å². The number of nitrogens with zero attached hydrogens (tertiary/aromatic N) is 1. The summed E-state index contributed by atoms with van der Waals surface area (Å²) in [4.78, 5) is 0. The first-order valence-electron chi connectivity index (χ1n) is 32.9. The Hall–Kier alpha value is -12.3. The Labute approximate surface area is 549 Å². The van der Waals surface area contributed by atoms with Gasteiger partial charge in [0.05, 0.1) is 11.0 Å². The Kier molecular flexibility index (Phi) is 12.7. The average Bonchev–Trinajstić information content (AvgIpc) is 1.65. The molecular formula is C92H59NO2. The Morgan fingerprint density at radius 3 is 1.18 bits per heavy atom. The summed E-state index contributed by atoms with van der Waals surface area (Å²) in [6.07, 6.45) is 9.01. The average molecular weight is 1210 g/mol. The molecule has 1 aliphatic rings. The highest BCUT2D eigenvalue weighted by Crippen LogP contribution is 2.48. The molecule has 0 atom stereocenters. The van der Waals surface area contributed by atoms with Crippen LogP contribution >= 0.6 is 0 Å². The van der Waals surface area contributed by atoms with Crippen molar-refractivity contribution in [2.45, 2.75) is 12.8 Å². The third-order valence-electron chi connectivity index (χ3n) is 19.8. The van der Waals surface area contributed by atoms with E-state index in [1.165, 1.54) is 66.1 Å². The van der Waals surface area contributed by atoms with E-state index >= 15 is 0 Å². The Morgan fingerprint density at radius 2 is 0.642 bits per heavy atom. The molecule has 18 aromatic rings. The van der Waals surface area contributed by atoms with E-state index in [9.17, 15) is 0 Å². The number of rotatable bonds is 10. The summed E-state index contributed by atoms with van der Waals surface area (Å²) in [6.45, 7) is 0. The van der Waals surface area contributed by atoms with Crippen molar-refractivity contribution < 1.29 is 8.83 Å². The minimum Gasteiger partial charge on any atom is -0.455 e. The molecular weight excluding hydrogens is 1150 g/mol. The van der Waals surface area contributed by atoms with Crippen LogP contribution in [0.2, 0.25) is 0 Å². The number of aromatic nitrogens is 1. The van der Waals surface area contributed by atoms with E-state index in [4.69, 9.17) is 8.83 Å². The van der Waals surface area contributed by atoms with E-state index < -0.39 is 0 Å². The van der Waals surface area contributed by atoms with Crippen molar-refractivity contribution in [3.8, 4) is 94.7 Å². The fourth-order valence-corrected chi connectivity index (χ4v) is 15.2. The van der Waals surface area contributed by atoms with Crippen molar-refractivity contribution in [1.82, 2.24) is 4.57 Å². The van der Waals surface area contributed by atoms with Gasteiger partial charge in [0.2, 0.25) is 0 Å². The van der Waals surface area contributed by atoms with E-state index in [0.29, 0.717) is 0 Å². The van der Waals surface area contributed by atoms with Gasteiger partial charge in [-0.2, -0.15) is 0 Å². The third-order valence-corrected chi connectivity index (χ3v) is 19.8. The molecule has 0 unspecified atom stereocenters. The fraction of sp³-hybridized carbons (Fsp3) is 0.0217. The molecule has 95 heavy (non-hydrogen) atoms. The van der Waals surface area contributed by atoms with Crippen molar-refractivity contribution in [1.29, 1.82) is 0 Å². The first-order valence-corrected chi connectivity index (χ1v) is 32.9. The van der Waals surface area contributed by atoms with E-state index in [0.717, 1.165) is 140 Å². The molecule has 0 spiro atoms. The lowest BCUT2D eigenvalue weighted by Gasteiger charge is -2.19. The number of fused-ring (bicyclic) bond motifs is 11. The summed E-state index contributed by atoms with van der Waals surface area (Å²) in [5, 5.41) is 11.6. The van der Waals surface area contributed by atoms with Gasteiger partial charge in [0.15, 0.2) is 0 Å². The smallest absolute Gasteiger partial charge is 0.143 e. The standard InChI is InChI=1S/C92H59NO2/c1-7-22-58(23-8-1)65-41-46-87-80(49-65)83-56-70(60-26-11-3-12-27-60)54-76(91(83)94-87)68-39-44-85-78(52-68)79-53-69(77-55-71(61-28-13-4-14-29-61)57-84-81-50-66(59-24-9-2-10-25-59)42-47-88(81)95-92(77)84)40-45-86(79)93(85)72-35-21-34-64(48-72)67-38-43-75-82(51-67)90(63-32-17-6-18-33-63)74-37-20-19-36-73(74)89(75)62-30-15-5-16-31-62/h1-3,5-13,15-57H,4,14H2. The van der Waals surface area contributed by atoms with Crippen LogP contribution in [0.25, 0.3) is 188 Å². The zero-order chi connectivity index (χ0) is 62.5. The number of benzene rings is 15. The molecule has 15 aromatic carbocycles. The van der Waals surface area contributed by atoms with Gasteiger partial charge in [-0.1, -0.05) is 243 Å². The molecule has 0 radical (unpaired) electrons. The molecule has 0 saturated heterocycles. The first kappa shape index (κ1) is 54.4. The molecule has 3 heterocycles. The second-order valence-electron chi connectivity index (χ2n) is 25.3. The third kappa shape index (κ3) is 9.19. The number of allylic oxidation sites excluding steroid dienone is 4. The molecule has 0 bridgehead atoms. The van der Waals surface area contributed by atoms with Crippen LogP contribution in [0.4, 0.5) is 0 Å². The predicted molar refractivity (Wildman–Crippen MR) is 400 cm³/mol. The number of furan rings is 2. The van der Waals surface area contributed by atoms with Crippen LogP contribution in [-0.4, -0.2) is 4.57 Å². The van der Waals surface area contributed by atoms with Gasteiger partial charge < -0.3 is 13.4 Å². The van der Waals surface area contributed by atoms with Crippen molar-refractivity contribution in [3.05, 3.63) is 339 Å². The largest absolute Gasteiger partial charge is 0.455 e. The van der Waals surface area contributed by atoms with Gasteiger partial charge in [-0.05, 0) is 214 Å². The highest BCUT2D eigenvalue weighted by Gasteiger charge is 2.24. The normalized spacial score (nSPS) is 12.6. The summed E-state index contributed by atoms with van der Waals surface area (Å²) in [5.41, 5.74) is 27.5. The molecule has 1 aliphatic carbocycles. The highest BCUT2D eigenvalue weighted by molar-refractivity contribution is 6.23. The van der Waals surface area contributed by atoms with Crippen molar-refractivity contribution >= 4 is 92.8 Å². The molecule has 0 fully saturated rings. The van der Waals surface area contributed by atoms with E-state index in [2.05, 4.69) is 338 Å². The van der Waals surface area contributed by atoms with E-state index in [1.54, 1.807) is 0 Å². The summed E-state index contributed by atoms with van der Waals surface area (Å²) < 4.78 is 16.6. The van der Waals surface area contributed by atoms with Crippen LogP contribution in [0.1, 0.15) is 18.4 Å². The van der Waals surface area contributed by atoms with E-state index in [-0.39, 0.29) is 0 Å². The first-order chi connectivity index (χ1) is 47.1. The maximum Gasteiger partial charge on any atom is 0.143 e. The number of hydrogen-bond donors (Lipinski definition) is 0. The van der Waals surface area contributed by atoms with Crippen LogP contribution in [0.3, 0.4) is 0 Å². The lowest BCUT2D eigenvalue weighted by atomic mass is 9.85. The topological polar surface area (TPSA) is 31.2 Å². The molecule has 0 saturated carbocycles. The summed E-state index contributed by atoms with van der Waals surface area (Å²) >= 11 is 0. The van der Waals surface area contributed by atoms with Crippen molar-refractivity contribution in [3.63, 3.8) is 0 Å². The van der Waals surface area contributed by atoms with Gasteiger partial charge in [0, 0.05) is 49.1 Å². The van der Waals surface area contributed by atoms with Gasteiger partial charge in [0.1, 0.15) is 22.3 Å². The Balaban J connectivity index is 0.842. The van der Waals surface area contributed by atoms with Crippen LogP contribution in [0.5, 0.6) is 0 Å². The van der Waals surface area contributed by atoms with Gasteiger partial charge in [-0.15, -0.1) is 0 Å². The van der Waals surface area contributed by atoms with Crippen LogP contribution in [0.15, 0.2) is 343 Å². The number of hydrogen-bond acceptors (Lipinski definition) is 2. The highest BCUT2D eigenvalue weighted by atomic mass is 16.3. The van der Waals surface area contributed by atoms with Gasteiger partial charge in [-0.25, -0.2) is 0 Å². The monoisotopic (exact) mass is 1210 g/mol. The van der Waals surface area contributed by atoms with Crippen LogP contribution in [0, 0.1) is 0 Å². The SMILES string of the molecule is C1=CC(c2cc(-c3ccc4c(c3)c3cc(-c5cc(-c6ccccc6)cc6c5oc5ccc(-c7ccccc7)cc56)ccc3n4-c3cccc(-c4ccc5c(-c6ccccc6)c6ccccc6c(-c6ccccc6)c5c4)c3)c3oc4ccc(-c5ccccc5)cc4c3c2)=CCC1. The molecule has 0 amide bonds. The summed E-state index contributed by atoms with van der Waals surface area (Å²) in [7, 11) is 0. The second-order valence-corrected chi connectivity index (χ2v) is 25.3. The molecule has 3 aromatic heterocycles. The predicted octanol–water partition coefficient (Wildman–Crippen LogP) is 26.0. The molecule has 3 nitrogen and oxygen atoms in total. The minimum absolute atomic E-state index is 0.857. The quantitative estimate of drug-likeness (QED) is 0.128. The lowest BCUT2D eigenvalue weighted by molar-refractivity contribution is 0.669. The summed E-state index contributed by atoms with van der Waals surface area (Å²) in [6, 6.07) is 116.